The highest BCUT2D eigenvalue weighted by atomic mass is 35.5. The SMILES string of the molecule is CC1(C(=O)Nc2cc(Cl)cc(C(F)(F)F)c2)CCCN1. The average Bonchev–Trinajstić information content (AvgIpc) is 2.75. The van der Waals surface area contributed by atoms with Gasteiger partial charge in [0.05, 0.1) is 11.1 Å². The molecule has 0 aromatic heterocycles. The summed E-state index contributed by atoms with van der Waals surface area (Å²) in [6, 6.07) is 3.00. The van der Waals surface area contributed by atoms with Crippen molar-refractivity contribution < 1.29 is 18.0 Å². The third-order valence-electron chi connectivity index (χ3n) is 3.35. The highest BCUT2D eigenvalue weighted by Crippen LogP contribution is 2.33. The lowest BCUT2D eigenvalue weighted by Gasteiger charge is -2.23. The molecule has 1 aliphatic heterocycles. The van der Waals surface area contributed by atoms with Crippen molar-refractivity contribution in [1.82, 2.24) is 5.32 Å². The normalized spacial score (nSPS) is 22.9. The van der Waals surface area contributed by atoms with E-state index in [1.807, 2.05) is 0 Å². The van der Waals surface area contributed by atoms with Gasteiger partial charge in [-0.3, -0.25) is 4.79 Å². The Hall–Kier alpha value is -1.27. The molecule has 1 aromatic carbocycles. The van der Waals surface area contributed by atoms with Crippen LogP contribution < -0.4 is 10.6 Å². The number of halogens is 4. The molecule has 1 amide bonds. The monoisotopic (exact) mass is 306 g/mol. The zero-order valence-electron chi connectivity index (χ0n) is 10.8. The van der Waals surface area contributed by atoms with Crippen molar-refractivity contribution in [3.63, 3.8) is 0 Å². The second kappa shape index (κ2) is 5.26. The van der Waals surface area contributed by atoms with Crippen LogP contribution in [0.4, 0.5) is 18.9 Å². The van der Waals surface area contributed by atoms with E-state index in [4.69, 9.17) is 11.6 Å². The van der Waals surface area contributed by atoms with Crippen LogP contribution in [0.5, 0.6) is 0 Å². The summed E-state index contributed by atoms with van der Waals surface area (Å²) in [6.45, 7) is 2.44. The summed E-state index contributed by atoms with van der Waals surface area (Å²) in [6.07, 6.45) is -3.00. The lowest BCUT2D eigenvalue weighted by Crippen LogP contribution is -2.47. The quantitative estimate of drug-likeness (QED) is 0.879. The van der Waals surface area contributed by atoms with E-state index in [1.54, 1.807) is 6.92 Å². The zero-order valence-corrected chi connectivity index (χ0v) is 11.5. The Morgan fingerprint density at radius 3 is 2.65 bits per heavy atom. The number of hydrogen-bond acceptors (Lipinski definition) is 2. The van der Waals surface area contributed by atoms with Crippen LogP contribution >= 0.6 is 11.6 Å². The van der Waals surface area contributed by atoms with Crippen molar-refractivity contribution >= 4 is 23.2 Å². The molecule has 1 heterocycles. The van der Waals surface area contributed by atoms with Gasteiger partial charge in [0.15, 0.2) is 0 Å². The smallest absolute Gasteiger partial charge is 0.324 e. The Kier molecular flexibility index (Phi) is 3.97. The first-order valence-corrected chi connectivity index (χ1v) is 6.53. The van der Waals surface area contributed by atoms with Crippen LogP contribution in [-0.2, 0) is 11.0 Å². The highest BCUT2D eigenvalue weighted by molar-refractivity contribution is 6.31. The molecule has 1 unspecified atom stereocenters. The second-order valence-corrected chi connectivity index (χ2v) is 5.48. The lowest BCUT2D eigenvalue weighted by atomic mass is 9.99. The van der Waals surface area contributed by atoms with Gasteiger partial charge in [0.2, 0.25) is 5.91 Å². The molecule has 1 aromatic rings. The molecule has 7 heteroatoms. The van der Waals surface area contributed by atoms with Gasteiger partial charge < -0.3 is 10.6 Å². The fourth-order valence-electron chi connectivity index (χ4n) is 2.18. The molecule has 2 rings (SSSR count). The summed E-state index contributed by atoms with van der Waals surface area (Å²) in [5.41, 5.74) is -1.59. The molecule has 1 fully saturated rings. The van der Waals surface area contributed by atoms with Crippen LogP contribution in [0.15, 0.2) is 18.2 Å². The van der Waals surface area contributed by atoms with Crippen molar-refractivity contribution in [2.75, 3.05) is 11.9 Å². The minimum Gasteiger partial charge on any atom is -0.324 e. The molecular formula is C13H14ClF3N2O. The van der Waals surface area contributed by atoms with Gasteiger partial charge in [0.25, 0.3) is 0 Å². The van der Waals surface area contributed by atoms with E-state index >= 15 is 0 Å². The van der Waals surface area contributed by atoms with Gasteiger partial charge in [-0.25, -0.2) is 0 Å². The zero-order chi connectivity index (χ0) is 15.0. The molecule has 0 radical (unpaired) electrons. The predicted octanol–water partition coefficient (Wildman–Crippen LogP) is 3.44. The van der Waals surface area contributed by atoms with E-state index in [1.165, 1.54) is 6.07 Å². The van der Waals surface area contributed by atoms with E-state index in [0.29, 0.717) is 13.0 Å². The summed E-state index contributed by atoms with van der Waals surface area (Å²) in [4.78, 5) is 12.1. The number of alkyl halides is 3. The van der Waals surface area contributed by atoms with Gasteiger partial charge in [-0.1, -0.05) is 11.6 Å². The number of carbonyl (C=O) groups is 1. The van der Waals surface area contributed by atoms with Crippen LogP contribution in [-0.4, -0.2) is 18.0 Å². The molecule has 1 atom stereocenters. The summed E-state index contributed by atoms with van der Waals surface area (Å²) < 4.78 is 38.0. The molecule has 0 spiro atoms. The number of nitrogens with one attached hydrogen (secondary N) is 2. The molecular weight excluding hydrogens is 293 g/mol. The largest absolute Gasteiger partial charge is 0.416 e. The van der Waals surface area contributed by atoms with Crippen LogP contribution in [0.3, 0.4) is 0 Å². The standard InChI is InChI=1S/C13H14ClF3N2O/c1-12(3-2-4-18-12)11(20)19-10-6-8(13(15,16)17)5-9(14)7-10/h5-7,18H,2-4H2,1H3,(H,19,20). The topological polar surface area (TPSA) is 41.1 Å². The van der Waals surface area contributed by atoms with Crippen LogP contribution in [0.25, 0.3) is 0 Å². The Morgan fingerprint density at radius 2 is 2.10 bits per heavy atom. The highest BCUT2D eigenvalue weighted by Gasteiger charge is 2.36. The number of rotatable bonds is 2. The summed E-state index contributed by atoms with van der Waals surface area (Å²) >= 11 is 5.67. The maximum absolute atomic E-state index is 12.7. The maximum atomic E-state index is 12.7. The molecule has 1 aliphatic rings. The van der Waals surface area contributed by atoms with Crippen LogP contribution in [0.1, 0.15) is 25.3 Å². The van der Waals surface area contributed by atoms with Gasteiger partial charge >= 0.3 is 6.18 Å². The maximum Gasteiger partial charge on any atom is 0.416 e. The number of amides is 1. The third kappa shape index (κ3) is 3.24. The van der Waals surface area contributed by atoms with Crippen LogP contribution in [0.2, 0.25) is 5.02 Å². The number of anilines is 1. The summed E-state index contributed by atoms with van der Waals surface area (Å²) in [5, 5.41) is 5.47. The van der Waals surface area contributed by atoms with Gasteiger partial charge in [0.1, 0.15) is 0 Å². The minimum absolute atomic E-state index is 0.0461. The summed E-state index contributed by atoms with van der Waals surface area (Å²) in [5.74, 6) is -0.356. The minimum atomic E-state index is -4.50. The fraction of sp³-hybridized carbons (Fsp3) is 0.462. The number of carbonyl (C=O) groups excluding carboxylic acids is 1. The molecule has 0 bridgehead atoms. The Balaban J connectivity index is 2.21. The third-order valence-corrected chi connectivity index (χ3v) is 3.57. The van der Waals surface area contributed by atoms with E-state index in [-0.39, 0.29) is 16.6 Å². The van der Waals surface area contributed by atoms with Gasteiger partial charge in [-0.15, -0.1) is 0 Å². The predicted molar refractivity (Wildman–Crippen MR) is 70.7 cm³/mol. The Labute approximate surface area is 119 Å². The fourth-order valence-corrected chi connectivity index (χ4v) is 2.42. The van der Waals surface area contributed by atoms with Crippen LogP contribution in [0, 0.1) is 0 Å². The molecule has 3 nitrogen and oxygen atoms in total. The van der Waals surface area contributed by atoms with Crippen molar-refractivity contribution in [1.29, 1.82) is 0 Å². The lowest BCUT2D eigenvalue weighted by molar-refractivity contribution is -0.137. The Morgan fingerprint density at radius 1 is 1.40 bits per heavy atom. The molecule has 110 valence electrons. The van der Waals surface area contributed by atoms with E-state index in [9.17, 15) is 18.0 Å². The first-order valence-electron chi connectivity index (χ1n) is 6.15. The van der Waals surface area contributed by atoms with E-state index in [2.05, 4.69) is 10.6 Å². The van der Waals surface area contributed by atoms with Crippen molar-refractivity contribution in [2.24, 2.45) is 0 Å². The van der Waals surface area contributed by atoms with Crippen molar-refractivity contribution in [3.05, 3.63) is 28.8 Å². The Bertz CT molecular complexity index is 525. The number of benzene rings is 1. The first-order chi connectivity index (χ1) is 9.21. The second-order valence-electron chi connectivity index (χ2n) is 5.04. The molecule has 1 saturated heterocycles. The van der Waals surface area contributed by atoms with E-state index in [0.717, 1.165) is 18.6 Å². The average molecular weight is 307 g/mol. The molecule has 0 aliphatic carbocycles. The number of hydrogen-bond donors (Lipinski definition) is 2. The first kappa shape index (κ1) is 15.1. The van der Waals surface area contributed by atoms with Crippen molar-refractivity contribution in [3.8, 4) is 0 Å². The summed E-state index contributed by atoms with van der Waals surface area (Å²) in [7, 11) is 0. The van der Waals surface area contributed by atoms with Crippen molar-refractivity contribution in [2.45, 2.75) is 31.5 Å². The van der Waals surface area contributed by atoms with Gasteiger partial charge in [-0.2, -0.15) is 13.2 Å². The molecule has 0 saturated carbocycles. The molecule has 2 N–H and O–H groups in total. The van der Waals surface area contributed by atoms with Gasteiger partial charge in [0, 0.05) is 10.7 Å². The van der Waals surface area contributed by atoms with E-state index < -0.39 is 17.3 Å². The molecule has 20 heavy (non-hydrogen) atoms. The van der Waals surface area contributed by atoms with Gasteiger partial charge in [-0.05, 0) is 44.5 Å².